The summed E-state index contributed by atoms with van der Waals surface area (Å²) in [4.78, 5) is 14.8. The van der Waals surface area contributed by atoms with E-state index in [0.717, 1.165) is 0 Å². The van der Waals surface area contributed by atoms with E-state index >= 15 is 0 Å². The fourth-order valence-electron chi connectivity index (χ4n) is 2.96. The summed E-state index contributed by atoms with van der Waals surface area (Å²) >= 11 is 12.6. The van der Waals surface area contributed by atoms with Gasteiger partial charge in [-0.05, 0) is 37.1 Å². The average Bonchev–Trinajstić information content (AvgIpc) is 3.22. The van der Waals surface area contributed by atoms with Crippen molar-refractivity contribution in [3.05, 3.63) is 73.8 Å². The Kier molecular flexibility index (Phi) is 3.93. The van der Waals surface area contributed by atoms with Crippen LogP contribution in [0.25, 0.3) is 11.5 Å². The molecule has 4 rings (SSSR count). The number of hydrogen-bond donors (Lipinski definition) is 0. The van der Waals surface area contributed by atoms with Crippen LogP contribution in [0.4, 0.5) is 10.1 Å². The summed E-state index contributed by atoms with van der Waals surface area (Å²) in [5.74, 6) is 0.284. The molecular weight excluding hydrogens is 384 g/mol. The molecule has 26 heavy (non-hydrogen) atoms. The van der Waals surface area contributed by atoms with Crippen molar-refractivity contribution in [2.45, 2.75) is 18.3 Å². The first-order valence-electron chi connectivity index (χ1n) is 7.65. The second kappa shape index (κ2) is 6.03. The van der Waals surface area contributed by atoms with Crippen LogP contribution in [-0.2, 0) is 5.41 Å². The highest BCUT2D eigenvalue weighted by Gasteiger charge is 2.52. The van der Waals surface area contributed by atoms with Gasteiger partial charge in [0.25, 0.3) is 11.6 Å². The Bertz CT molecular complexity index is 993. The number of halogens is 3. The van der Waals surface area contributed by atoms with Crippen molar-refractivity contribution in [2.75, 3.05) is 0 Å². The molecule has 1 fully saturated rings. The molecule has 132 valence electrons. The molecule has 6 nitrogen and oxygen atoms in total. The maximum Gasteiger partial charge on any atom is 0.272 e. The van der Waals surface area contributed by atoms with Crippen molar-refractivity contribution < 1.29 is 13.8 Å². The second-order valence-electron chi connectivity index (χ2n) is 6.05. The van der Waals surface area contributed by atoms with Crippen molar-refractivity contribution in [2.24, 2.45) is 0 Å². The molecule has 0 saturated heterocycles. The molecule has 1 aliphatic carbocycles. The summed E-state index contributed by atoms with van der Waals surface area (Å²) in [7, 11) is 0. The van der Waals surface area contributed by atoms with Crippen LogP contribution in [-0.4, -0.2) is 15.1 Å². The predicted octanol–water partition coefficient (Wildman–Crippen LogP) is 5.17. The summed E-state index contributed by atoms with van der Waals surface area (Å²) in [6.45, 7) is 0. The maximum atomic E-state index is 13.1. The molecule has 2 aromatic carbocycles. The van der Waals surface area contributed by atoms with E-state index in [1.165, 1.54) is 36.4 Å². The quantitative estimate of drug-likeness (QED) is 0.450. The lowest BCUT2D eigenvalue weighted by atomic mass is 9.94. The lowest BCUT2D eigenvalue weighted by Gasteiger charge is -2.15. The second-order valence-corrected chi connectivity index (χ2v) is 6.87. The SMILES string of the molecule is O=[N+]([O-])c1cc(Cl)c(C2(c3noc(-c4ccc(F)cc4)n3)CC2)c(Cl)c1. The molecule has 1 aromatic heterocycles. The smallest absolute Gasteiger partial charge is 0.272 e. The summed E-state index contributed by atoms with van der Waals surface area (Å²) in [6, 6.07) is 8.22. The Labute approximate surface area is 156 Å². The maximum absolute atomic E-state index is 13.1. The Morgan fingerprint density at radius 2 is 1.77 bits per heavy atom. The van der Waals surface area contributed by atoms with Gasteiger partial charge < -0.3 is 4.52 Å². The molecule has 0 radical (unpaired) electrons. The first-order chi connectivity index (χ1) is 12.4. The van der Waals surface area contributed by atoms with Crippen LogP contribution in [0.3, 0.4) is 0 Å². The van der Waals surface area contributed by atoms with Gasteiger partial charge in [0.15, 0.2) is 5.82 Å². The molecule has 1 aliphatic rings. The standard InChI is InChI=1S/C17H10Cl2FN3O3/c18-12-7-11(23(24)25)8-13(19)14(12)17(5-6-17)16-21-15(26-22-16)9-1-3-10(20)4-2-9/h1-4,7-8H,5-6H2. The number of aromatic nitrogens is 2. The normalized spacial score (nSPS) is 15.0. The van der Waals surface area contributed by atoms with Crippen molar-refractivity contribution >= 4 is 28.9 Å². The number of rotatable bonds is 4. The van der Waals surface area contributed by atoms with Crippen LogP contribution >= 0.6 is 23.2 Å². The third-order valence-corrected chi connectivity index (χ3v) is 5.01. The van der Waals surface area contributed by atoms with E-state index < -0.39 is 10.3 Å². The summed E-state index contributed by atoms with van der Waals surface area (Å²) < 4.78 is 18.4. The first-order valence-corrected chi connectivity index (χ1v) is 8.40. The molecule has 9 heteroatoms. The van der Waals surface area contributed by atoms with Crippen molar-refractivity contribution in [3.63, 3.8) is 0 Å². The topological polar surface area (TPSA) is 82.1 Å². The number of nitro groups is 1. The molecule has 0 bridgehead atoms. The molecular formula is C17H10Cl2FN3O3. The minimum Gasteiger partial charge on any atom is -0.334 e. The summed E-state index contributed by atoms with van der Waals surface area (Å²) in [5.41, 5.74) is 0.324. The van der Waals surface area contributed by atoms with E-state index in [-0.39, 0.29) is 27.4 Å². The van der Waals surface area contributed by atoms with E-state index in [1.54, 1.807) is 0 Å². The van der Waals surface area contributed by atoms with E-state index in [4.69, 9.17) is 27.7 Å². The first kappa shape index (κ1) is 16.9. The molecule has 3 aromatic rings. The Morgan fingerprint density at radius 1 is 1.15 bits per heavy atom. The molecule has 0 unspecified atom stereocenters. The average molecular weight is 394 g/mol. The lowest BCUT2D eigenvalue weighted by molar-refractivity contribution is -0.384. The zero-order chi connectivity index (χ0) is 18.5. The Balaban J connectivity index is 1.75. The van der Waals surface area contributed by atoms with Gasteiger partial charge in [-0.25, -0.2) is 4.39 Å². The van der Waals surface area contributed by atoms with Crippen molar-refractivity contribution in [1.82, 2.24) is 10.1 Å². The van der Waals surface area contributed by atoms with Gasteiger partial charge in [-0.1, -0.05) is 28.4 Å². The predicted molar refractivity (Wildman–Crippen MR) is 92.8 cm³/mol. The Hall–Kier alpha value is -2.51. The van der Waals surface area contributed by atoms with Crippen LogP contribution in [0.15, 0.2) is 40.9 Å². The zero-order valence-electron chi connectivity index (χ0n) is 13.1. The van der Waals surface area contributed by atoms with Gasteiger partial charge in [0.2, 0.25) is 0 Å². The monoisotopic (exact) mass is 393 g/mol. The van der Waals surface area contributed by atoms with Crippen LogP contribution < -0.4 is 0 Å². The highest BCUT2D eigenvalue weighted by atomic mass is 35.5. The molecule has 0 N–H and O–H groups in total. The summed E-state index contributed by atoms with van der Waals surface area (Å²) in [6.07, 6.45) is 1.37. The third-order valence-electron chi connectivity index (χ3n) is 4.41. The fourth-order valence-corrected chi connectivity index (χ4v) is 3.80. The van der Waals surface area contributed by atoms with Crippen molar-refractivity contribution in [3.8, 4) is 11.5 Å². The Morgan fingerprint density at radius 3 is 2.31 bits per heavy atom. The van der Waals surface area contributed by atoms with Gasteiger partial charge in [-0.3, -0.25) is 10.1 Å². The molecule has 0 amide bonds. The minimum absolute atomic E-state index is 0.181. The van der Waals surface area contributed by atoms with Gasteiger partial charge in [-0.2, -0.15) is 4.98 Å². The third kappa shape index (κ3) is 2.73. The minimum atomic E-state index is -0.634. The molecule has 0 aliphatic heterocycles. The van der Waals surface area contributed by atoms with Crippen LogP contribution in [0.2, 0.25) is 10.0 Å². The van der Waals surface area contributed by atoms with Crippen LogP contribution in [0.1, 0.15) is 24.2 Å². The van der Waals surface area contributed by atoms with E-state index in [2.05, 4.69) is 10.1 Å². The van der Waals surface area contributed by atoms with Crippen LogP contribution in [0.5, 0.6) is 0 Å². The van der Waals surface area contributed by atoms with E-state index in [0.29, 0.717) is 29.8 Å². The zero-order valence-corrected chi connectivity index (χ0v) is 14.6. The highest BCUT2D eigenvalue weighted by molar-refractivity contribution is 6.36. The molecule has 0 spiro atoms. The number of hydrogen-bond acceptors (Lipinski definition) is 5. The van der Waals surface area contributed by atoms with E-state index in [1.807, 2.05) is 0 Å². The van der Waals surface area contributed by atoms with Crippen LogP contribution in [0, 0.1) is 15.9 Å². The fraction of sp³-hybridized carbons (Fsp3) is 0.176. The largest absolute Gasteiger partial charge is 0.334 e. The van der Waals surface area contributed by atoms with Gasteiger partial charge in [0, 0.05) is 23.3 Å². The van der Waals surface area contributed by atoms with Gasteiger partial charge in [0.1, 0.15) is 5.82 Å². The molecule has 1 heterocycles. The number of nitrogens with zero attached hydrogens (tertiary/aromatic N) is 3. The lowest BCUT2D eigenvalue weighted by Crippen LogP contribution is -2.12. The van der Waals surface area contributed by atoms with Gasteiger partial charge >= 0.3 is 0 Å². The van der Waals surface area contributed by atoms with Gasteiger partial charge in [0.05, 0.1) is 20.4 Å². The van der Waals surface area contributed by atoms with Crippen molar-refractivity contribution in [1.29, 1.82) is 0 Å². The van der Waals surface area contributed by atoms with Gasteiger partial charge in [-0.15, -0.1) is 0 Å². The number of benzene rings is 2. The molecule has 0 atom stereocenters. The number of nitro benzene ring substituents is 1. The molecule has 1 saturated carbocycles. The van der Waals surface area contributed by atoms with E-state index in [9.17, 15) is 14.5 Å². The summed E-state index contributed by atoms with van der Waals surface area (Å²) in [5, 5.41) is 15.4. The number of non-ortho nitro benzene ring substituents is 1. The highest BCUT2D eigenvalue weighted by Crippen LogP contribution is 2.57.